The quantitative estimate of drug-likeness (QED) is 0.737. The number of hydrogen-bond acceptors (Lipinski definition) is 5. The number of rotatable bonds is 7. The van der Waals surface area contributed by atoms with Gasteiger partial charge in [-0.25, -0.2) is 4.98 Å². The molecule has 0 aliphatic rings. The van der Waals surface area contributed by atoms with E-state index in [0.29, 0.717) is 18.4 Å². The van der Waals surface area contributed by atoms with Crippen LogP contribution in [0.5, 0.6) is 5.75 Å². The normalized spacial score (nSPS) is 11.3. The summed E-state index contributed by atoms with van der Waals surface area (Å²) in [7, 11) is 0. The van der Waals surface area contributed by atoms with Crippen LogP contribution in [0, 0.1) is 12.8 Å². The molecule has 0 saturated heterocycles. The van der Waals surface area contributed by atoms with Crippen LogP contribution in [-0.2, 0) is 32.7 Å². The van der Waals surface area contributed by atoms with Gasteiger partial charge in [-0.3, -0.25) is 4.98 Å². The number of aryl methyl sites for hydroxylation is 1. The average molecular weight is 388 g/mol. The van der Waals surface area contributed by atoms with Gasteiger partial charge >= 0.3 is 32.7 Å². The van der Waals surface area contributed by atoms with Gasteiger partial charge in [-0.15, -0.1) is 0 Å². The number of ether oxygens (including phenoxy) is 1. The summed E-state index contributed by atoms with van der Waals surface area (Å²) in [6, 6.07) is 9.95. The van der Waals surface area contributed by atoms with Crippen LogP contribution >= 0.6 is 0 Å². The maximum atomic E-state index is 5.80. The van der Waals surface area contributed by atoms with E-state index in [2.05, 4.69) is 27.2 Å². The SMILES string of the molecule is CCC(COc1ccccc1)Nc1nc(C)nc([C-](C)C)n1.[Y+3]. The van der Waals surface area contributed by atoms with Crippen LogP contribution in [0.25, 0.3) is 0 Å². The predicted octanol–water partition coefficient (Wildman–Crippen LogP) is 3.41. The van der Waals surface area contributed by atoms with Crippen molar-refractivity contribution < 1.29 is 37.4 Å². The Kier molecular flexibility index (Phi) is 8.49. The summed E-state index contributed by atoms with van der Waals surface area (Å²) in [4.78, 5) is 13.1. The smallest absolute Gasteiger partial charge is 0.491 e. The monoisotopic (exact) mass is 388 g/mol. The third-order valence-corrected chi connectivity index (χ3v) is 3.21. The van der Waals surface area contributed by atoms with Crippen molar-refractivity contribution in [1.29, 1.82) is 0 Å². The molecule has 6 heteroatoms. The van der Waals surface area contributed by atoms with Crippen LogP contribution in [0.3, 0.4) is 0 Å². The van der Waals surface area contributed by atoms with Crippen molar-refractivity contribution in [3.63, 3.8) is 0 Å². The molecule has 0 aliphatic carbocycles. The number of hydrogen-bond donors (Lipinski definition) is 1. The van der Waals surface area contributed by atoms with Gasteiger partial charge in [0.15, 0.2) is 0 Å². The van der Waals surface area contributed by atoms with E-state index >= 15 is 0 Å². The standard InChI is InChI=1S/C17H23N4O.Y/c1-5-14(11-22-15-9-7-6-8-10-15)20-17-19-13(4)18-16(21-17)12(2)3;/h6-10,14H,5,11H2,1-4H3,(H,18,19,20,21);/q-1;+3. The zero-order valence-corrected chi connectivity index (χ0v) is 17.0. The van der Waals surface area contributed by atoms with Gasteiger partial charge in [-0.1, -0.05) is 25.1 Å². The van der Waals surface area contributed by atoms with Gasteiger partial charge in [0.05, 0.1) is 6.04 Å². The van der Waals surface area contributed by atoms with Crippen LogP contribution in [0.15, 0.2) is 30.3 Å². The van der Waals surface area contributed by atoms with Crippen LogP contribution in [0.4, 0.5) is 5.95 Å². The largest absolute Gasteiger partial charge is 3.00 e. The molecule has 0 radical (unpaired) electrons. The van der Waals surface area contributed by atoms with E-state index < -0.39 is 0 Å². The van der Waals surface area contributed by atoms with Crippen molar-refractivity contribution in [3.8, 4) is 5.75 Å². The van der Waals surface area contributed by atoms with Crippen molar-refractivity contribution >= 4 is 5.95 Å². The fourth-order valence-electron chi connectivity index (χ4n) is 1.93. The van der Waals surface area contributed by atoms with Gasteiger partial charge in [-0.05, 0) is 25.5 Å². The number of para-hydroxylation sites is 1. The fraction of sp³-hybridized carbons (Fsp3) is 0.412. The van der Waals surface area contributed by atoms with Crippen LogP contribution in [0.1, 0.15) is 38.8 Å². The average Bonchev–Trinajstić information content (AvgIpc) is 2.51. The van der Waals surface area contributed by atoms with Crippen molar-refractivity contribution in [3.05, 3.63) is 47.9 Å². The molecular formula is C17H23N4OY+2. The van der Waals surface area contributed by atoms with E-state index in [-0.39, 0.29) is 38.8 Å². The van der Waals surface area contributed by atoms with E-state index in [0.717, 1.165) is 23.9 Å². The molecule has 5 nitrogen and oxygen atoms in total. The van der Waals surface area contributed by atoms with Gasteiger partial charge < -0.3 is 16.0 Å². The molecule has 0 fully saturated rings. The molecule has 1 aromatic heterocycles. The van der Waals surface area contributed by atoms with Crippen molar-refractivity contribution in [1.82, 2.24) is 15.0 Å². The van der Waals surface area contributed by atoms with E-state index in [1.165, 1.54) is 0 Å². The molecule has 0 saturated carbocycles. The van der Waals surface area contributed by atoms with Gasteiger partial charge in [0, 0.05) is 5.82 Å². The number of anilines is 1. The Hall–Kier alpha value is -1.20. The first-order chi connectivity index (χ1) is 10.6. The van der Waals surface area contributed by atoms with Gasteiger partial charge in [-0.2, -0.15) is 18.8 Å². The minimum atomic E-state index is 0. The van der Waals surface area contributed by atoms with Gasteiger partial charge in [0.1, 0.15) is 18.2 Å². The molecule has 1 atom stereocenters. The number of benzene rings is 1. The van der Waals surface area contributed by atoms with Crippen molar-refractivity contribution in [2.45, 2.75) is 40.2 Å². The summed E-state index contributed by atoms with van der Waals surface area (Å²) in [6.07, 6.45) is 0.918. The van der Waals surface area contributed by atoms with E-state index in [1.807, 2.05) is 51.1 Å². The second-order valence-corrected chi connectivity index (χ2v) is 5.40. The fourth-order valence-corrected chi connectivity index (χ4v) is 1.93. The second kappa shape index (κ2) is 9.83. The minimum Gasteiger partial charge on any atom is -0.491 e. The molecule has 23 heavy (non-hydrogen) atoms. The first kappa shape index (κ1) is 19.8. The molecule has 1 unspecified atom stereocenters. The Morgan fingerprint density at radius 2 is 1.83 bits per heavy atom. The van der Waals surface area contributed by atoms with Crippen molar-refractivity contribution in [2.24, 2.45) is 0 Å². The number of nitrogens with zero attached hydrogens (tertiary/aromatic N) is 3. The topological polar surface area (TPSA) is 59.9 Å². The Balaban J connectivity index is 0.00000264. The Morgan fingerprint density at radius 1 is 1.13 bits per heavy atom. The molecule has 0 amide bonds. The Labute approximate surface area is 163 Å². The number of nitrogens with one attached hydrogen (secondary N) is 1. The zero-order chi connectivity index (χ0) is 15.9. The molecule has 2 aromatic rings. The molecule has 1 heterocycles. The molecule has 0 bridgehead atoms. The Bertz CT molecular complexity index is 592. The third kappa shape index (κ3) is 6.44. The zero-order valence-electron chi connectivity index (χ0n) is 14.2. The van der Waals surface area contributed by atoms with Crippen LogP contribution in [-0.4, -0.2) is 27.6 Å². The maximum Gasteiger partial charge on any atom is 3.00 e. The Morgan fingerprint density at radius 3 is 2.43 bits per heavy atom. The first-order valence-corrected chi connectivity index (χ1v) is 7.56. The molecule has 2 rings (SSSR count). The van der Waals surface area contributed by atoms with Gasteiger partial charge in [0.2, 0.25) is 5.95 Å². The summed E-state index contributed by atoms with van der Waals surface area (Å²) < 4.78 is 5.80. The molecule has 0 spiro atoms. The number of aromatic nitrogens is 3. The predicted molar refractivity (Wildman–Crippen MR) is 87.9 cm³/mol. The summed E-state index contributed by atoms with van der Waals surface area (Å²) in [5.74, 6) is 3.99. The van der Waals surface area contributed by atoms with E-state index in [1.54, 1.807) is 0 Å². The second-order valence-electron chi connectivity index (χ2n) is 5.40. The van der Waals surface area contributed by atoms with E-state index in [4.69, 9.17) is 4.74 Å². The molecule has 118 valence electrons. The summed E-state index contributed by atoms with van der Waals surface area (Å²) in [5.41, 5.74) is 0. The summed E-state index contributed by atoms with van der Waals surface area (Å²) in [5, 5.41) is 3.33. The molecular weight excluding hydrogens is 365 g/mol. The molecule has 0 aliphatic heterocycles. The third-order valence-electron chi connectivity index (χ3n) is 3.21. The minimum absolute atomic E-state index is 0. The first-order valence-electron chi connectivity index (χ1n) is 7.56. The van der Waals surface area contributed by atoms with Crippen LogP contribution in [0.2, 0.25) is 0 Å². The van der Waals surface area contributed by atoms with E-state index in [9.17, 15) is 0 Å². The summed E-state index contributed by atoms with van der Waals surface area (Å²) >= 11 is 0. The summed E-state index contributed by atoms with van der Waals surface area (Å²) in [6.45, 7) is 8.54. The molecule has 1 N–H and O–H groups in total. The maximum absolute atomic E-state index is 5.80. The van der Waals surface area contributed by atoms with Crippen molar-refractivity contribution in [2.75, 3.05) is 11.9 Å². The van der Waals surface area contributed by atoms with Gasteiger partial charge in [0.25, 0.3) is 0 Å². The molecule has 1 aromatic carbocycles. The van der Waals surface area contributed by atoms with Crippen LogP contribution < -0.4 is 10.1 Å².